The molecule has 0 bridgehead atoms. The van der Waals surface area contributed by atoms with Crippen molar-refractivity contribution < 1.29 is 14.6 Å². The van der Waals surface area contributed by atoms with Gasteiger partial charge in [0.05, 0.1) is 26.9 Å². The predicted octanol–water partition coefficient (Wildman–Crippen LogP) is 7.48. The van der Waals surface area contributed by atoms with Crippen LogP contribution < -0.4 is 14.8 Å². The molecule has 0 aromatic heterocycles. The maximum atomic E-state index is 10.3. The highest BCUT2D eigenvalue weighted by Crippen LogP contribution is 2.46. The SMILES string of the molecule is COc1ccccc1C1CCN([C@@H]2CCN([C@H](CO)c3ccccc3)C2C2CC2)CC1.COc1ccccc1C1CCN([C@@H]2CCNC2C2CC2)CC1. The molecule has 5 atom stereocenters. The lowest BCUT2D eigenvalue weighted by Crippen LogP contribution is -2.50. The van der Waals surface area contributed by atoms with Gasteiger partial charge < -0.3 is 19.9 Å². The van der Waals surface area contributed by atoms with Crippen molar-refractivity contribution >= 4 is 0 Å². The van der Waals surface area contributed by atoms with E-state index in [4.69, 9.17) is 9.47 Å². The van der Waals surface area contributed by atoms with Crippen molar-refractivity contribution in [2.24, 2.45) is 11.8 Å². The summed E-state index contributed by atoms with van der Waals surface area (Å²) in [6.45, 7) is 7.35. The normalized spacial score (nSPS) is 28.4. The molecule has 0 radical (unpaired) electrons. The van der Waals surface area contributed by atoms with E-state index in [9.17, 15) is 5.11 Å². The number of piperidine rings is 2. The third kappa shape index (κ3) is 8.35. The van der Waals surface area contributed by atoms with Crippen molar-refractivity contribution in [3.05, 3.63) is 95.6 Å². The molecule has 6 fully saturated rings. The number of nitrogens with zero attached hydrogens (tertiary/aromatic N) is 3. The third-order valence-electron chi connectivity index (χ3n) is 13.8. The van der Waals surface area contributed by atoms with E-state index >= 15 is 0 Å². The van der Waals surface area contributed by atoms with Gasteiger partial charge >= 0.3 is 0 Å². The summed E-state index contributed by atoms with van der Waals surface area (Å²) in [6.07, 6.45) is 13.1. The Balaban J connectivity index is 0.000000160. The van der Waals surface area contributed by atoms with Crippen molar-refractivity contribution in [3.63, 3.8) is 0 Å². The summed E-state index contributed by atoms with van der Waals surface area (Å²) in [5.41, 5.74) is 4.04. The van der Waals surface area contributed by atoms with Crippen LogP contribution in [0.25, 0.3) is 0 Å². The lowest BCUT2D eigenvalue weighted by atomic mass is 9.87. The highest BCUT2D eigenvalue weighted by Gasteiger charge is 2.49. The molecule has 4 heterocycles. The number of hydrogen-bond donors (Lipinski definition) is 2. The molecule has 0 spiro atoms. The van der Waals surface area contributed by atoms with Gasteiger partial charge in [0.15, 0.2) is 0 Å². The van der Waals surface area contributed by atoms with Crippen molar-refractivity contribution in [1.82, 2.24) is 20.0 Å². The van der Waals surface area contributed by atoms with Crippen LogP contribution in [0.1, 0.15) is 98.8 Å². The minimum absolute atomic E-state index is 0.128. The van der Waals surface area contributed by atoms with Gasteiger partial charge in [0, 0.05) is 30.7 Å². The van der Waals surface area contributed by atoms with Crippen LogP contribution in [0.3, 0.4) is 0 Å². The zero-order valence-electron chi connectivity index (χ0n) is 32.3. The molecule has 7 nitrogen and oxygen atoms in total. The molecule has 2 aliphatic carbocycles. The van der Waals surface area contributed by atoms with Gasteiger partial charge in [-0.05, 0) is 149 Å². The maximum Gasteiger partial charge on any atom is 0.122 e. The fraction of sp³-hybridized carbons (Fsp3) is 0.609. The Morgan fingerprint density at radius 2 is 1.13 bits per heavy atom. The first kappa shape index (κ1) is 37.0. The molecule has 7 heteroatoms. The molecule has 3 aromatic carbocycles. The number of rotatable bonds is 11. The van der Waals surface area contributed by atoms with Gasteiger partial charge in [-0.1, -0.05) is 66.7 Å². The lowest BCUT2D eigenvalue weighted by molar-refractivity contribution is 0.0610. The number of benzene rings is 3. The Morgan fingerprint density at radius 1 is 0.604 bits per heavy atom. The number of ether oxygens (including phenoxy) is 2. The van der Waals surface area contributed by atoms with Gasteiger partial charge in [-0.2, -0.15) is 0 Å². The Kier molecular flexibility index (Phi) is 12.0. The molecule has 4 aliphatic heterocycles. The van der Waals surface area contributed by atoms with Gasteiger partial charge in [-0.15, -0.1) is 0 Å². The van der Waals surface area contributed by atoms with E-state index < -0.39 is 0 Å². The molecule has 2 saturated carbocycles. The second-order valence-corrected chi connectivity index (χ2v) is 16.8. The predicted molar refractivity (Wildman–Crippen MR) is 214 cm³/mol. The number of aliphatic hydroxyl groups excluding tert-OH is 1. The third-order valence-corrected chi connectivity index (χ3v) is 13.8. The van der Waals surface area contributed by atoms with E-state index in [0.717, 1.165) is 42.0 Å². The van der Waals surface area contributed by atoms with E-state index in [1.807, 2.05) is 0 Å². The number of hydrogen-bond acceptors (Lipinski definition) is 7. The van der Waals surface area contributed by atoms with Gasteiger partial charge in [-0.25, -0.2) is 0 Å². The van der Waals surface area contributed by atoms with Crippen LogP contribution in [0.15, 0.2) is 78.9 Å². The van der Waals surface area contributed by atoms with Gasteiger partial charge in [-0.3, -0.25) is 14.7 Å². The van der Waals surface area contributed by atoms with Crippen molar-refractivity contribution in [2.75, 3.05) is 60.1 Å². The fourth-order valence-corrected chi connectivity index (χ4v) is 10.8. The van der Waals surface area contributed by atoms with Crippen LogP contribution in [0, 0.1) is 11.8 Å². The molecular weight excluding hydrogens is 657 g/mol. The summed E-state index contributed by atoms with van der Waals surface area (Å²) in [5.74, 6) is 5.15. The fourth-order valence-electron chi connectivity index (χ4n) is 10.8. The summed E-state index contributed by atoms with van der Waals surface area (Å²) in [5, 5.41) is 14.1. The number of aliphatic hydroxyl groups is 1. The molecular formula is C46H64N4O3. The Hall–Kier alpha value is -2.94. The number of para-hydroxylation sites is 2. The molecule has 6 aliphatic rings. The largest absolute Gasteiger partial charge is 0.496 e. The summed E-state index contributed by atoms with van der Waals surface area (Å²) < 4.78 is 11.2. The second-order valence-electron chi connectivity index (χ2n) is 16.8. The molecule has 3 aromatic rings. The highest BCUT2D eigenvalue weighted by atomic mass is 16.5. The van der Waals surface area contributed by atoms with E-state index in [2.05, 4.69) is 98.9 Å². The summed E-state index contributed by atoms with van der Waals surface area (Å²) >= 11 is 0. The van der Waals surface area contributed by atoms with Crippen molar-refractivity contribution in [1.29, 1.82) is 0 Å². The van der Waals surface area contributed by atoms with Gasteiger partial charge in [0.25, 0.3) is 0 Å². The topological polar surface area (TPSA) is 60.4 Å². The zero-order chi connectivity index (χ0) is 36.1. The van der Waals surface area contributed by atoms with E-state index in [1.54, 1.807) is 14.2 Å². The van der Waals surface area contributed by atoms with Crippen LogP contribution in [0.2, 0.25) is 0 Å². The maximum absolute atomic E-state index is 10.3. The minimum Gasteiger partial charge on any atom is -0.496 e. The summed E-state index contributed by atoms with van der Waals surface area (Å²) in [6, 6.07) is 30.7. The summed E-state index contributed by atoms with van der Waals surface area (Å²) in [7, 11) is 3.57. The lowest BCUT2D eigenvalue weighted by Gasteiger charge is -2.41. The zero-order valence-corrected chi connectivity index (χ0v) is 32.3. The van der Waals surface area contributed by atoms with Crippen LogP contribution >= 0.6 is 0 Å². The number of nitrogens with one attached hydrogen (secondary N) is 1. The molecule has 0 amide bonds. The molecule has 9 rings (SSSR count). The van der Waals surface area contributed by atoms with Crippen molar-refractivity contribution in [3.8, 4) is 11.5 Å². The average molecular weight is 721 g/mol. The first-order valence-corrected chi connectivity index (χ1v) is 21.1. The second kappa shape index (κ2) is 17.2. The molecule has 53 heavy (non-hydrogen) atoms. The molecule has 286 valence electrons. The van der Waals surface area contributed by atoms with Gasteiger partial charge in [0.2, 0.25) is 0 Å². The Morgan fingerprint density at radius 3 is 1.66 bits per heavy atom. The number of methoxy groups -OCH3 is 2. The minimum atomic E-state index is 0.128. The molecule has 2 unspecified atom stereocenters. The van der Waals surface area contributed by atoms with Crippen LogP contribution in [-0.4, -0.2) is 104 Å². The number of likely N-dealkylation sites (tertiary alicyclic amines) is 3. The first-order valence-electron chi connectivity index (χ1n) is 21.1. The van der Waals surface area contributed by atoms with Crippen LogP contribution in [0.5, 0.6) is 11.5 Å². The Bertz CT molecular complexity index is 1580. The molecule has 4 saturated heterocycles. The van der Waals surface area contributed by atoms with E-state index in [-0.39, 0.29) is 12.6 Å². The van der Waals surface area contributed by atoms with Gasteiger partial charge in [0.1, 0.15) is 11.5 Å². The van der Waals surface area contributed by atoms with Crippen LogP contribution in [0.4, 0.5) is 0 Å². The quantitative estimate of drug-likeness (QED) is 0.213. The first-order chi connectivity index (χ1) is 26.2. The molecule has 2 N–H and O–H groups in total. The Labute approximate surface area is 319 Å². The monoisotopic (exact) mass is 720 g/mol. The van der Waals surface area contributed by atoms with E-state index in [1.165, 1.54) is 114 Å². The summed E-state index contributed by atoms with van der Waals surface area (Å²) in [4.78, 5) is 8.19. The smallest absolute Gasteiger partial charge is 0.122 e. The average Bonchev–Trinajstić information content (AvgIpc) is 4.17. The standard InChI is InChI=1S/C27H36N2O2.C19H28N2O/c1-31-26-10-6-5-9-23(26)20-13-16-28(17-14-20)24-15-18-29(27(24)22-11-12-22)25(19-30)21-7-3-2-4-8-21;1-22-18-5-3-2-4-16(18)14-9-12-21(13-10-14)17-8-11-20-19(17)15-6-7-15/h2-10,20,22,24-25,27,30H,11-19H2,1H3;2-5,14-15,17,19-20H,6-13H2,1H3/t24-,25-,27?;17-,19?/m11/s1. The van der Waals surface area contributed by atoms with Crippen molar-refractivity contribution in [2.45, 2.75) is 106 Å². The van der Waals surface area contributed by atoms with E-state index in [0.29, 0.717) is 23.9 Å². The highest BCUT2D eigenvalue weighted by molar-refractivity contribution is 5.37. The van der Waals surface area contributed by atoms with Crippen LogP contribution in [-0.2, 0) is 0 Å².